The number of anilines is 2. The summed E-state index contributed by atoms with van der Waals surface area (Å²) in [6.45, 7) is 0. The highest BCUT2D eigenvalue weighted by Gasteiger charge is 2.20. The summed E-state index contributed by atoms with van der Waals surface area (Å²) in [6.07, 6.45) is 7.02. The van der Waals surface area contributed by atoms with Gasteiger partial charge < -0.3 is 20.1 Å². The van der Waals surface area contributed by atoms with Gasteiger partial charge in [0.1, 0.15) is 6.10 Å². The standard InChI is InChI=1S/C19H20N2O6/c1-26-18(24)11-9-16(22)20-13-5-7-14(8-6-13)21-17(23)10-12-19(25)27-15-3-2-4-15/h5-12,15H,2-4H2,1H3,(H,20,22)(H,21,23)/b11-9-,12-10-. The first-order valence-electron chi connectivity index (χ1n) is 8.33. The third kappa shape index (κ3) is 7.15. The molecule has 27 heavy (non-hydrogen) atoms. The average molecular weight is 372 g/mol. The van der Waals surface area contributed by atoms with Crippen LogP contribution < -0.4 is 10.6 Å². The van der Waals surface area contributed by atoms with E-state index in [2.05, 4.69) is 15.4 Å². The lowest BCUT2D eigenvalue weighted by Gasteiger charge is -2.24. The third-order valence-electron chi connectivity index (χ3n) is 3.70. The quantitative estimate of drug-likeness (QED) is 0.559. The van der Waals surface area contributed by atoms with Crippen LogP contribution in [0.25, 0.3) is 0 Å². The molecule has 142 valence electrons. The van der Waals surface area contributed by atoms with E-state index in [9.17, 15) is 19.2 Å². The van der Waals surface area contributed by atoms with Crippen LogP contribution in [0, 0.1) is 0 Å². The molecule has 1 aliphatic carbocycles. The molecule has 0 bridgehead atoms. The molecule has 2 N–H and O–H groups in total. The van der Waals surface area contributed by atoms with Gasteiger partial charge in [0.2, 0.25) is 11.8 Å². The summed E-state index contributed by atoms with van der Waals surface area (Å²) in [4.78, 5) is 45.8. The Morgan fingerprint density at radius 1 is 0.852 bits per heavy atom. The molecular formula is C19H20N2O6. The Kier molecular flexibility index (Phi) is 7.30. The van der Waals surface area contributed by atoms with E-state index in [1.54, 1.807) is 24.3 Å². The van der Waals surface area contributed by atoms with Crippen molar-refractivity contribution in [1.82, 2.24) is 0 Å². The number of ether oxygens (including phenoxy) is 2. The van der Waals surface area contributed by atoms with Gasteiger partial charge in [-0.2, -0.15) is 0 Å². The molecule has 0 aromatic heterocycles. The van der Waals surface area contributed by atoms with Crippen molar-refractivity contribution in [1.29, 1.82) is 0 Å². The minimum Gasteiger partial charge on any atom is -0.466 e. The molecule has 1 aliphatic rings. The van der Waals surface area contributed by atoms with Crippen molar-refractivity contribution in [2.75, 3.05) is 17.7 Å². The van der Waals surface area contributed by atoms with E-state index in [4.69, 9.17) is 4.74 Å². The van der Waals surface area contributed by atoms with Crippen molar-refractivity contribution in [2.45, 2.75) is 25.4 Å². The summed E-state index contributed by atoms with van der Waals surface area (Å²) in [5.41, 5.74) is 0.965. The topological polar surface area (TPSA) is 111 Å². The number of amides is 2. The summed E-state index contributed by atoms with van der Waals surface area (Å²) in [6, 6.07) is 6.32. The van der Waals surface area contributed by atoms with Gasteiger partial charge in [-0.3, -0.25) is 9.59 Å². The van der Waals surface area contributed by atoms with Gasteiger partial charge in [-0.15, -0.1) is 0 Å². The van der Waals surface area contributed by atoms with Crippen LogP contribution in [0.15, 0.2) is 48.6 Å². The third-order valence-corrected chi connectivity index (χ3v) is 3.70. The molecular weight excluding hydrogens is 352 g/mol. The molecule has 1 saturated carbocycles. The van der Waals surface area contributed by atoms with Gasteiger partial charge >= 0.3 is 11.9 Å². The molecule has 0 saturated heterocycles. The average Bonchev–Trinajstić information content (AvgIpc) is 2.62. The number of benzene rings is 1. The lowest BCUT2D eigenvalue weighted by molar-refractivity contribution is -0.146. The van der Waals surface area contributed by atoms with Gasteiger partial charge in [0.05, 0.1) is 7.11 Å². The van der Waals surface area contributed by atoms with E-state index in [1.165, 1.54) is 7.11 Å². The van der Waals surface area contributed by atoms with E-state index in [0.717, 1.165) is 43.6 Å². The van der Waals surface area contributed by atoms with Crippen molar-refractivity contribution >= 4 is 35.1 Å². The van der Waals surface area contributed by atoms with Crippen LogP contribution >= 0.6 is 0 Å². The smallest absolute Gasteiger partial charge is 0.331 e. The summed E-state index contributed by atoms with van der Waals surface area (Å²) in [5, 5.41) is 5.14. The Bertz CT molecular complexity index is 763. The molecule has 0 spiro atoms. The van der Waals surface area contributed by atoms with Crippen molar-refractivity contribution in [2.24, 2.45) is 0 Å². The summed E-state index contributed by atoms with van der Waals surface area (Å²) >= 11 is 0. The van der Waals surface area contributed by atoms with Crippen LogP contribution in [0.1, 0.15) is 19.3 Å². The first kappa shape index (κ1) is 19.9. The number of rotatable bonds is 7. The van der Waals surface area contributed by atoms with E-state index in [1.807, 2.05) is 0 Å². The van der Waals surface area contributed by atoms with E-state index in [-0.39, 0.29) is 6.10 Å². The Hall–Kier alpha value is -3.42. The lowest BCUT2D eigenvalue weighted by Crippen LogP contribution is -2.24. The van der Waals surface area contributed by atoms with Gasteiger partial charge in [-0.1, -0.05) is 0 Å². The maximum atomic E-state index is 11.8. The molecule has 1 fully saturated rings. The normalized spacial score (nSPS) is 13.8. The highest BCUT2D eigenvalue weighted by atomic mass is 16.5. The van der Waals surface area contributed by atoms with Crippen molar-refractivity contribution in [3.05, 3.63) is 48.6 Å². The van der Waals surface area contributed by atoms with Gasteiger partial charge in [-0.25, -0.2) is 9.59 Å². The number of esters is 2. The lowest BCUT2D eigenvalue weighted by atomic mass is 9.96. The first-order valence-corrected chi connectivity index (χ1v) is 8.33. The minimum absolute atomic E-state index is 0.0320. The Balaban J connectivity index is 1.79. The monoisotopic (exact) mass is 372 g/mol. The number of carbonyl (C=O) groups is 4. The SMILES string of the molecule is COC(=O)/C=C\C(=O)Nc1ccc(NC(=O)/C=C\C(=O)OC2CCC2)cc1. The Labute approximate surface area is 156 Å². The summed E-state index contributed by atoms with van der Waals surface area (Å²) in [5.74, 6) is -2.13. The zero-order valence-corrected chi connectivity index (χ0v) is 14.8. The van der Waals surface area contributed by atoms with Crippen molar-refractivity contribution in [3.8, 4) is 0 Å². The minimum atomic E-state index is -0.632. The molecule has 0 radical (unpaired) electrons. The second kappa shape index (κ2) is 9.91. The largest absolute Gasteiger partial charge is 0.466 e. The van der Waals surface area contributed by atoms with Gasteiger partial charge in [0.15, 0.2) is 0 Å². The fraction of sp³-hybridized carbons (Fsp3) is 0.263. The number of methoxy groups -OCH3 is 1. The predicted octanol–water partition coefficient (Wildman–Crippen LogP) is 1.94. The molecule has 0 unspecified atom stereocenters. The van der Waals surface area contributed by atoms with Crippen LogP contribution in [0.2, 0.25) is 0 Å². The van der Waals surface area contributed by atoms with Crippen LogP contribution in [0.3, 0.4) is 0 Å². The van der Waals surface area contributed by atoms with Gasteiger partial charge in [0, 0.05) is 35.7 Å². The molecule has 2 amide bonds. The number of hydrogen-bond acceptors (Lipinski definition) is 6. The number of carbonyl (C=O) groups excluding carboxylic acids is 4. The highest BCUT2D eigenvalue weighted by molar-refractivity contribution is 6.04. The van der Waals surface area contributed by atoms with Crippen LogP contribution in [0.5, 0.6) is 0 Å². The Morgan fingerprint density at radius 2 is 1.33 bits per heavy atom. The van der Waals surface area contributed by atoms with Gasteiger partial charge in [0.25, 0.3) is 0 Å². The van der Waals surface area contributed by atoms with Gasteiger partial charge in [-0.05, 0) is 43.5 Å². The molecule has 1 aromatic rings. The van der Waals surface area contributed by atoms with Crippen LogP contribution in [-0.2, 0) is 28.7 Å². The van der Waals surface area contributed by atoms with Crippen LogP contribution in [0.4, 0.5) is 11.4 Å². The molecule has 0 atom stereocenters. The predicted molar refractivity (Wildman–Crippen MR) is 97.7 cm³/mol. The zero-order chi connectivity index (χ0) is 19.6. The molecule has 8 nitrogen and oxygen atoms in total. The van der Waals surface area contributed by atoms with Crippen molar-refractivity contribution < 1.29 is 28.7 Å². The molecule has 0 heterocycles. The molecule has 0 aliphatic heterocycles. The second-order valence-electron chi connectivity index (χ2n) is 5.74. The van der Waals surface area contributed by atoms with E-state index >= 15 is 0 Å². The zero-order valence-electron chi connectivity index (χ0n) is 14.8. The fourth-order valence-corrected chi connectivity index (χ4v) is 2.05. The van der Waals surface area contributed by atoms with Crippen molar-refractivity contribution in [3.63, 3.8) is 0 Å². The Morgan fingerprint density at radius 3 is 1.74 bits per heavy atom. The second-order valence-corrected chi connectivity index (χ2v) is 5.74. The summed E-state index contributed by atoms with van der Waals surface area (Å²) in [7, 11) is 1.21. The maximum absolute atomic E-state index is 11.8. The maximum Gasteiger partial charge on any atom is 0.331 e. The molecule has 8 heteroatoms. The fourth-order valence-electron chi connectivity index (χ4n) is 2.05. The molecule has 1 aromatic carbocycles. The van der Waals surface area contributed by atoms with E-state index in [0.29, 0.717) is 11.4 Å². The number of hydrogen-bond donors (Lipinski definition) is 2. The highest BCUT2D eigenvalue weighted by Crippen LogP contribution is 2.22. The molecule has 2 rings (SSSR count). The van der Waals surface area contributed by atoms with Crippen LogP contribution in [-0.4, -0.2) is 37.0 Å². The first-order chi connectivity index (χ1) is 13.0. The number of nitrogens with one attached hydrogen (secondary N) is 2. The van der Waals surface area contributed by atoms with E-state index < -0.39 is 23.8 Å². The summed E-state index contributed by atoms with van der Waals surface area (Å²) < 4.78 is 9.49.